The summed E-state index contributed by atoms with van der Waals surface area (Å²) in [4.78, 5) is 18.3. The highest BCUT2D eigenvalue weighted by atomic mass is 16.1. The van der Waals surface area contributed by atoms with E-state index in [1.165, 1.54) is 18.9 Å². The van der Waals surface area contributed by atoms with Crippen LogP contribution in [0.2, 0.25) is 0 Å². The molecule has 1 aromatic heterocycles. The van der Waals surface area contributed by atoms with Crippen LogP contribution >= 0.6 is 0 Å². The third-order valence-electron chi connectivity index (χ3n) is 2.85. The largest absolute Gasteiger partial charge is 0.367 e. The van der Waals surface area contributed by atoms with Crippen LogP contribution in [0.5, 0.6) is 0 Å². The number of aromatic nitrogens is 2. The Balaban J connectivity index is 2.07. The van der Waals surface area contributed by atoms with Crippen molar-refractivity contribution < 1.29 is 0 Å². The third-order valence-corrected chi connectivity index (χ3v) is 2.85. The van der Waals surface area contributed by atoms with Gasteiger partial charge in [0.15, 0.2) is 0 Å². The number of hydrogen-bond donors (Lipinski definition) is 2. The Kier molecular flexibility index (Phi) is 2.75. The Morgan fingerprint density at radius 2 is 2.33 bits per heavy atom. The van der Waals surface area contributed by atoms with Crippen LogP contribution < -0.4 is 10.9 Å². The van der Waals surface area contributed by atoms with E-state index < -0.39 is 0 Å². The Morgan fingerprint density at radius 1 is 1.60 bits per heavy atom. The van der Waals surface area contributed by atoms with Gasteiger partial charge in [-0.25, -0.2) is 4.98 Å². The van der Waals surface area contributed by atoms with Gasteiger partial charge in [-0.2, -0.15) is 0 Å². The van der Waals surface area contributed by atoms with Crippen molar-refractivity contribution in [1.82, 2.24) is 9.97 Å². The average molecular weight is 207 g/mol. The highest BCUT2D eigenvalue weighted by Crippen LogP contribution is 2.28. The molecule has 15 heavy (non-hydrogen) atoms. The Morgan fingerprint density at radius 3 is 2.93 bits per heavy atom. The summed E-state index contributed by atoms with van der Waals surface area (Å²) < 4.78 is 0. The van der Waals surface area contributed by atoms with Gasteiger partial charge in [0.2, 0.25) is 0 Å². The van der Waals surface area contributed by atoms with Crippen molar-refractivity contribution in [3.05, 3.63) is 22.2 Å². The lowest BCUT2D eigenvalue weighted by Crippen LogP contribution is -2.34. The summed E-state index contributed by atoms with van der Waals surface area (Å²) in [6.45, 7) is 4.22. The van der Waals surface area contributed by atoms with Crippen LogP contribution in [0.3, 0.4) is 0 Å². The molecule has 0 bridgehead atoms. The van der Waals surface area contributed by atoms with E-state index in [-0.39, 0.29) is 5.56 Å². The number of nitrogens with zero attached hydrogens (tertiary/aromatic N) is 1. The fourth-order valence-corrected chi connectivity index (χ4v) is 1.98. The van der Waals surface area contributed by atoms with Gasteiger partial charge in [-0.15, -0.1) is 0 Å². The standard InChI is InChI=1S/C11H17N3O/c1-3-9-13-10(6-11(15)14-9)12-8-4-7(2)5-8/h6-8H,3-5H2,1-2H3,(H2,12,13,14,15). The van der Waals surface area contributed by atoms with E-state index in [9.17, 15) is 4.79 Å². The summed E-state index contributed by atoms with van der Waals surface area (Å²) >= 11 is 0. The summed E-state index contributed by atoms with van der Waals surface area (Å²) in [5.74, 6) is 2.26. The second kappa shape index (κ2) is 4.04. The van der Waals surface area contributed by atoms with Crippen LogP contribution in [0.1, 0.15) is 32.5 Å². The zero-order chi connectivity index (χ0) is 10.8. The third kappa shape index (κ3) is 2.37. The van der Waals surface area contributed by atoms with E-state index in [1.807, 2.05) is 6.92 Å². The molecule has 0 amide bonds. The molecule has 0 saturated heterocycles. The van der Waals surface area contributed by atoms with Crippen LogP contribution in [-0.2, 0) is 6.42 Å². The minimum atomic E-state index is -0.0725. The molecule has 0 aromatic carbocycles. The van der Waals surface area contributed by atoms with Gasteiger partial charge in [-0.05, 0) is 18.8 Å². The zero-order valence-electron chi connectivity index (χ0n) is 9.21. The SMILES string of the molecule is CCc1nc(NC2CC(C)C2)cc(=O)[nH]1. The lowest BCUT2D eigenvalue weighted by Gasteiger charge is -2.33. The second-order valence-corrected chi connectivity index (χ2v) is 4.35. The minimum Gasteiger partial charge on any atom is -0.367 e. The molecule has 4 heteroatoms. The number of hydrogen-bond acceptors (Lipinski definition) is 3. The molecular formula is C11H17N3O. The van der Waals surface area contributed by atoms with Crippen LogP contribution in [-0.4, -0.2) is 16.0 Å². The molecule has 2 N–H and O–H groups in total. The molecule has 1 saturated carbocycles. The summed E-state index contributed by atoms with van der Waals surface area (Å²) in [6.07, 6.45) is 3.11. The van der Waals surface area contributed by atoms with Crippen LogP contribution in [0.4, 0.5) is 5.82 Å². The van der Waals surface area contributed by atoms with Gasteiger partial charge in [0.05, 0.1) is 0 Å². The van der Waals surface area contributed by atoms with Gasteiger partial charge in [-0.1, -0.05) is 13.8 Å². The first-order valence-electron chi connectivity index (χ1n) is 5.54. The lowest BCUT2D eigenvalue weighted by atomic mass is 9.82. The predicted molar refractivity (Wildman–Crippen MR) is 60.0 cm³/mol. The molecule has 1 fully saturated rings. The first-order chi connectivity index (χ1) is 7.17. The average Bonchev–Trinajstić information content (AvgIpc) is 2.14. The number of H-pyrrole nitrogens is 1. The predicted octanol–water partition coefficient (Wildman–Crippen LogP) is 1.54. The lowest BCUT2D eigenvalue weighted by molar-refractivity contribution is 0.308. The van der Waals surface area contributed by atoms with Gasteiger partial charge in [-0.3, -0.25) is 4.79 Å². The van der Waals surface area contributed by atoms with E-state index in [1.54, 1.807) is 0 Å². The second-order valence-electron chi connectivity index (χ2n) is 4.35. The monoisotopic (exact) mass is 207 g/mol. The van der Waals surface area contributed by atoms with E-state index >= 15 is 0 Å². The topological polar surface area (TPSA) is 57.8 Å². The number of aryl methyl sites for hydroxylation is 1. The molecule has 0 spiro atoms. The molecular weight excluding hydrogens is 190 g/mol. The Hall–Kier alpha value is -1.32. The smallest absolute Gasteiger partial charge is 0.252 e. The fourth-order valence-electron chi connectivity index (χ4n) is 1.98. The van der Waals surface area contributed by atoms with E-state index in [0.717, 1.165) is 18.2 Å². The summed E-state index contributed by atoms with van der Waals surface area (Å²) in [6, 6.07) is 2.03. The number of aromatic amines is 1. The molecule has 1 heterocycles. The molecule has 1 aliphatic carbocycles. The maximum atomic E-state index is 11.3. The molecule has 0 atom stereocenters. The van der Waals surface area contributed by atoms with Crippen LogP contribution in [0.25, 0.3) is 0 Å². The molecule has 2 rings (SSSR count). The maximum Gasteiger partial charge on any atom is 0.252 e. The highest BCUT2D eigenvalue weighted by Gasteiger charge is 2.25. The van der Waals surface area contributed by atoms with Crippen molar-refractivity contribution in [1.29, 1.82) is 0 Å². The van der Waals surface area contributed by atoms with Crippen molar-refractivity contribution in [3.63, 3.8) is 0 Å². The van der Waals surface area contributed by atoms with Gasteiger partial charge in [0.1, 0.15) is 11.6 Å². The molecule has 82 valence electrons. The minimum absolute atomic E-state index is 0.0725. The molecule has 1 aromatic rings. The zero-order valence-corrected chi connectivity index (χ0v) is 9.21. The molecule has 4 nitrogen and oxygen atoms in total. The van der Waals surface area contributed by atoms with Crippen molar-refractivity contribution >= 4 is 5.82 Å². The first-order valence-corrected chi connectivity index (χ1v) is 5.54. The van der Waals surface area contributed by atoms with Crippen molar-refractivity contribution in [2.75, 3.05) is 5.32 Å². The van der Waals surface area contributed by atoms with Crippen LogP contribution in [0, 0.1) is 5.92 Å². The fraction of sp³-hybridized carbons (Fsp3) is 0.636. The van der Waals surface area contributed by atoms with E-state index in [4.69, 9.17) is 0 Å². The summed E-state index contributed by atoms with van der Waals surface area (Å²) in [7, 11) is 0. The molecule has 1 aliphatic rings. The van der Waals surface area contributed by atoms with E-state index in [2.05, 4.69) is 22.2 Å². The quantitative estimate of drug-likeness (QED) is 0.790. The molecule has 0 radical (unpaired) electrons. The van der Waals surface area contributed by atoms with Crippen molar-refractivity contribution in [2.45, 2.75) is 39.2 Å². The van der Waals surface area contributed by atoms with E-state index in [0.29, 0.717) is 11.9 Å². The van der Waals surface area contributed by atoms with Gasteiger partial charge >= 0.3 is 0 Å². The van der Waals surface area contributed by atoms with Crippen molar-refractivity contribution in [2.24, 2.45) is 5.92 Å². The Labute approximate surface area is 89.1 Å². The van der Waals surface area contributed by atoms with Gasteiger partial charge < -0.3 is 10.3 Å². The highest BCUT2D eigenvalue weighted by molar-refractivity contribution is 5.35. The molecule has 0 aliphatic heterocycles. The van der Waals surface area contributed by atoms with Gasteiger partial charge in [0.25, 0.3) is 5.56 Å². The first kappa shape index (κ1) is 10.2. The maximum absolute atomic E-state index is 11.3. The van der Waals surface area contributed by atoms with Gasteiger partial charge in [0, 0.05) is 18.5 Å². The summed E-state index contributed by atoms with van der Waals surface area (Å²) in [5, 5.41) is 3.29. The molecule has 0 unspecified atom stereocenters. The number of rotatable bonds is 3. The van der Waals surface area contributed by atoms with Crippen molar-refractivity contribution in [3.8, 4) is 0 Å². The summed E-state index contributed by atoms with van der Waals surface area (Å²) in [5.41, 5.74) is -0.0725. The number of anilines is 1. The Bertz CT molecular complexity index is 393. The normalized spacial score (nSPS) is 24.7. The number of nitrogens with one attached hydrogen (secondary N) is 2. The van der Waals surface area contributed by atoms with Crippen LogP contribution in [0.15, 0.2) is 10.9 Å².